The fraction of sp³-hybridized carbons (Fsp3) is 0.200. The van der Waals surface area contributed by atoms with Gasteiger partial charge >= 0.3 is 0 Å². The lowest BCUT2D eigenvalue weighted by Crippen LogP contribution is -2.03. The van der Waals surface area contributed by atoms with Crippen LogP contribution in [0, 0.1) is 17.0 Å². The predicted molar refractivity (Wildman–Crippen MR) is 53.2 cm³/mol. The number of aryl methyl sites for hydroxylation is 1. The molecule has 78 valence electrons. The predicted octanol–water partition coefficient (Wildman–Crippen LogP) is 1.92. The van der Waals surface area contributed by atoms with Crippen LogP contribution < -0.4 is 0 Å². The minimum Gasteiger partial charge on any atom is -0.298 e. The van der Waals surface area contributed by atoms with E-state index in [1.54, 1.807) is 6.92 Å². The number of carbonyl (C=O) groups excluding carboxylic acids is 2. The second kappa shape index (κ2) is 4.00. The van der Waals surface area contributed by atoms with Crippen molar-refractivity contribution in [2.45, 2.75) is 13.8 Å². The van der Waals surface area contributed by atoms with Gasteiger partial charge in [0, 0.05) is 23.3 Å². The second-order valence-electron chi connectivity index (χ2n) is 3.16. The highest BCUT2D eigenvalue weighted by atomic mass is 16.6. The third-order valence-corrected chi connectivity index (χ3v) is 2.04. The van der Waals surface area contributed by atoms with Crippen LogP contribution in [0.5, 0.6) is 0 Å². The van der Waals surface area contributed by atoms with Crippen molar-refractivity contribution in [3.05, 3.63) is 38.9 Å². The largest absolute Gasteiger partial charge is 0.298 e. The lowest BCUT2D eigenvalue weighted by Gasteiger charge is -2.04. The molecule has 0 bridgehead atoms. The van der Waals surface area contributed by atoms with Gasteiger partial charge in [0.1, 0.15) is 0 Å². The fourth-order valence-electron chi connectivity index (χ4n) is 1.47. The molecule has 0 heterocycles. The number of rotatable bonds is 3. The first-order valence-electron chi connectivity index (χ1n) is 4.22. The first-order chi connectivity index (χ1) is 6.97. The summed E-state index contributed by atoms with van der Waals surface area (Å²) in [6, 6.07) is 2.39. The van der Waals surface area contributed by atoms with Crippen LogP contribution in [0.15, 0.2) is 12.1 Å². The van der Waals surface area contributed by atoms with Crippen molar-refractivity contribution in [1.82, 2.24) is 0 Å². The molecule has 0 atom stereocenters. The Morgan fingerprint density at radius 1 is 1.47 bits per heavy atom. The molecule has 5 heteroatoms. The van der Waals surface area contributed by atoms with Gasteiger partial charge in [-0.25, -0.2) is 0 Å². The molecule has 0 fully saturated rings. The number of nitro benzene ring substituents is 1. The molecule has 0 amide bonds. The van der Waals surface area contributed by atoms with Crippen LogP contribution in [0.3, 0.4) is 0 Å². The van der Waals surface area contributed by atoms with Gasteiger partial charge in [-0.3, -0.25) is 19.7 Å². The zero-order valence-corrected chi connectivity index (χ0v) is 8.31. The maximum absolute atomic E-state index is 11.2. The molecule has 0 unspecified atom stereocenters. The first kappa shape index (κ1) is 11.0. The van der Waals surface area contributed by atoms with Gasteiger partial charge in [-0.1, -0.05) is 0 Å². The number of nitro groups is 1. The number of aldehydes is 1. The van der Waals surface area contributed by atoms with Crippen molar-refractivity contribution in [3.8, 4) is 0 Å². The Hall–Kier alpha value is -2.04. The number of ketones is 1. The minimum absolute atomic E-state index is 0.0641. The topological polar surface area (TPSA) is 77.3 Å². The van der Waals surface area contributed by atoms with E-state index in [-0.39, 0.29) is 22.6 Å². The van der Waals surface area contributed by atoms with Crippen LogP contribution >= 0.6 is 0 Å². The van der Waals surface area contributed by atoms with Crippen molar-refractivity contribution in [3.63, 3.8) is 0 Å². The first-order valence-corrected chi connectivity index (χ1v) is 4.22. The summed E-state index contributed by atoms with van der Waals surface area (Å²) in [7, 11) is 0. The Bertz CT molecular complexity index is 451. The van der Waals surface area contributed by atoms with Gasteiger partial charge in [0.15, 0.2) is 12.1 Å². The van der Waals surface area contributed by atoms with E-state index >= 15 is 0 Å². The summed E-state index contributed by atoms with van der Waals surface area (Å²) in [6.07, 6.45) is 0.455. The summed E-state index contributed by atoms with van der Waals surface area (Å²) < 4.78 is 0. The highest BCUT2D eigenvalue weighted by Crippen LogP contribution is 2.21. The van der Waals surface area contributed by atoms with Crippen LogP contribution in [0.25, 0.3) is 0 Å². The summed E-state index contributed by atoms with van der Waals surface area (Å²) in [5, 5.41) is 10.5. The number of hydrogen-bond donors (Lipinski definition) is 0. The van der Waals surface area contributed by atoms with Crippen LogP contribution in [-0.2, 0) is 0 Å². The number of nitrogens with zero attached hydrogens (tertiary/aromatic N) is 1. The molecule has 5 nitrogen and oxygen atoms in total. The maximum atomic E-state index is 11.2. The van der Waals surface area contributed by atoms with E-state index in [2.05, 4.69) is 0 Å². The highest BCUT2D eigenvalue weighted by Gasteiger charge is 2.16. The second-order valence-corrected chi connectivity index (χ2v) is 3.16. The standard InChI is InChI=1S/C10H9NO4/c1-6-3-9(11(14)15)4-8(5-12)10(6)7(2)13/h3-5H,1-2H3. The summed E-state index contributed by atoms with van der Waals surface area (Å²) in [6.45, 7) is 2.89. The van der Waals surface area contributed by atoms with E-state index < -0.39 is 4.92 Å². The van der Waals surface area contributed by atoms with Crippen LogP contribution in [0.2, 0.25) is 0 Å². The number of hydrogen-bond acceptors (Lipinski definition) is 4. The Labute approximate surface area is 85.9 Å². The molecule has 1 aromatic carbocycles. The molecular formula is C10H9NO4. The zero-order chi connectivity index (χ0) is 11.6. The number of carbonyl (C=O) groups is 2. The van der Waals surface area contributed by atoms with Crippen molar-refractivity contribution in [2.75, 3.05) is 0 Å². The van der Waals surface area contributed by atoms with E-state index in [4.69, 9.17) is 0 Å². The lowest BCUT2D eigenvalue weighted by atomic mass is 9.99. The van der Waals surface area contributed by atoms with E-state index in [1.807, 2.05) is 0 Å². The quantitative estimate of drug-likeness (QED) is 0.328. The van der Waals surface area contributed by atoms with Gasteiger partial charge in [-0.15, -0.1) is 0 Å². The molecule has 1 aromatic rings. The van der Waals surface area contributed by atoms with E-state index in [1.165, 1.54) is 13.0 Å². The Balaban J connectivity index is 3.50. The van der Waals surface area contributed by atoms with Gasteiger partial charge in [-0.2, -0.15) is 0 Å². The van der Waals surface area contributed by atoms with E-state index in [9.17, 15) is 19.7 Å². The van der Waals surface area contributed by atoms with Gasteiger partial charge in [0.2, 0.25) is 0 Å². The molecule has 0 N–H and O–H groups in total. The average Bonchev–Trinajstić information content (AvgIpc) is 2.15. The molecular weight excluding hydrogens is 198 g/mol. The number of non-ortho nitro benzene ring substituents is 1. The molecule has 1 rings (SSSR count). The Kier molecular flexibility index (Phi) is 2.94. The Morgan fingerprint density at radius 3 is 2.47 bits per heavy atom. The number of Topliss-reactive ketones (excluding diaryl/α,β-unsaturated/α-hetero) is 1. The van der Waals surface area contributed by atoms with Gasteiger partial charge in [0.05, 0.1) is 4.92 Å². The highest BCUT2D eigenvalue weighted by molar-refractivity contribution is 6.03. The molecule has 0 saturated heterocycles. The summed E-state index contributed by atoms with van der Waals surface area (Å²) in [5.74, 6) is -0.274. The molecule has 0 aromatic heterocycles. The zero-order valence-electron chi connectivity index (χ0n) is 8.31. The van der Waals surface area contributed by atoms with Crippen LogP contribution in [0.4, 0.5) is 5.69 Å². The van der Waals surface area contributed by atoms with Crippen molar-refractivity contribution in [2.24, 2.45) is 0 Å². The van der Waals surface area contributed by atoms with E-state index in [0.29, 0.717) is 11.8 Å². The Morgan fingerprint density at radius 2 is 2.07 bits per heavy atom. The van der Waals surface area contributed by atoms with Gasteiger partial charge in [0.25, 0.3) is 5.69 Å². The maximum Gasteiger partial charge on any atom is 0.270 e. The molecule has 0 aliphatic carbocycles. The molecule has 0 radical (unpaired) electrons. The molecule has 0 spiro atoms. The van der Waals surface area contributed by atoms with Crippen molar-refractivity contribution >= 4 is 17.8 Å². The monoisotopic (exact) mass is 207 g/mol. The molecule has 0 aliphatic rings. The SMILES string of the molecule is CC(=O)c1c(C)cc([N+](=O)[O-])cc1C=O. The molecule has 15 heavy (non-hydrogen) atoms. The summed E-state index contributed by atoms with van der Waals surface area (Å²) in [5.41, 5.74) is 0.572. The minimum atomic E-state index is -0.593. The van der Waals surface area contributed by atoms with Crippen molar-refractivity contribution < 1.29 is 14.5 Å². The number of benzene rings is 1. The van der Waals surface area contributed by atoms with Gasteiger partial charge < -0.3 is 0 Å². The summed E-state index contributed by atoms with van der Waals surface area (Å²) in [4.78, 5) is 31.8. The average molecular weight is 207 g/mol. The molecule has 0 saturated carbocycles. The van der Waals surface area contributed by atoms with Crippen LogP contribution in [-0.4, -0.2) is 17.0 Å². The summed E-state index contributed by atoms with van der Waals surface area (Å²) >= 11 is 0. The van der Waals surface area contributed by atoms with Gasteiger partial charge in [-0.05, 0) is 19.4 Å². The van der Waals surface area contributed by atoms with E-state index in [0.717, 1.165) is 6.07 Å². The fourth-order valence-corrected chi connectivity index (χ4v) is 1.47. The normalized spacial score (nSPS) is 9.73. The van der Waals surface area contributed by atoms with Crippen molar-refractivity contribution in [1.29, 1.82) is 0 Å². The lowest BCUT2D eigenvalue weighted by molar-refractivity contribution is -0.384. The third-order valence-electron chi connectivity index (χ3n) is 2.04. The van der Waals surface area contributed by atoms with Crippen LogP contribution in [0.1, 0.15) is 33.2 Å². The smallest absolute Gasteiger partial charge is 0.270 e. The molecule has 0 aliphatic heterocycles. The third kappa shape index (κ3) is 2.07.